The van der Waals surface area contributed by atoms with Gasteiger partial charge in [-0.15, -0.1) is 0 Å². The number of carbonyl (C=O) groups excluding carboxylic acids is 1. The molecule has 4 rings (SSSR count). The first kappa shape index (κ1) is 15.1. The van der Waals surface area contributed by atoms with Crippen LogP contribution in [-0.2, 0) is 6.54 Å². The van der Waals surface area contributed by atoms with Crippen LogP contribution in [0.1, 0.15) is 30.0 Å². The van der Waals surface area contributed by atoms with E-state index in [1.54, 1.807) is 0 Å². The van der Waals surface area contributed by atoms with Gasteiger partial charge in [0.2, 0.25) is 0 Å². The second kappa shape index (κ2) is 6.56. The van der Waals surface area contributed by atoms with E-state index < -0.39 is 0 Å². The van der Waals surface area contributed by atoms with Crippen molar-refractivity contribution in [3.05, 3.63) is 65.7 Å². The number of amides is 2. The lowest BCUT2D eigenvalue weighted by atomic mass is 10.1. The molecule has 0 radical (unpaired) electrons. The number of hydrogen-bond acceptors (Lipinski definition) is 2. The van der Waals surface area contributed by atoms with Crippen LogP contribution in [0.25, 0.3) is 0 Å². The molecule has 0 aliphatic carbocycles. The summed E-state index contributed by atoms with van der Waals surface area (Å²) in [6.45, 7) is 3.70. The largest absolute Gasteiger partial charge is 0.372 e. The Kier molecular flexibility index (Phi) is 4.11. The monoisotopic (exact) mass is 321 g/mol. The Morgan fingerprint density at radius 3 is 2.38 bits per heavy atom. The summed E-state index contributed by atoms with van der Waals surface area (Å²) in [5.74, 6) is 0. The van der Waals surface area contributed by atoms with Crippen LogP contribution in [0.5, 0.6) is 0 Å². The molecular formula is C20H23N3O. The van der Waals surface area contributed by atoms with Crippen molar-refractivity contribution in [3.63, 3.8) is 0 Å². The Labute approximate surface area is 143 Å². The maximum atomic E-state index is 12.2. The van der Waals surface area contributed by atoms with Gasteiger partial charge in [0.1, 0.15) is 0 Å². The molecule has 4 heteroatoms. The van der Waals surface area contributed by atoms with E-state index in [9.17, 15) is 4.79 Å². The quantitative estimate of drug-likeness (QED) is 0.935. The first-order valence-electron chi connectivity index (χ1n) is 8.74. The molecule has 2 aliphatic heterocycles. The third kappa shape index (κ3) is 3.09. The van der Waals surface area contributed by atoms with Crippen molar-refractivity contribution in [2.24, 2.45) is 0 Å². The van der Waals surface area contributed by atoms with Gasteiger partial charge in [-0.1, -0.05) is 42.5 Å². The zero-order valence-electron chi connectivity index (χ0n) is 13.8. The Morgan fingerprint density at radius 2 is 1.67 bits per heavy atom. The first-order valence-corrected chi connectivity index (χ1v) is 8.74. The highest BCUT2D eigenvalue weighted by molar-refractivity contribution is 5.77. The molecule has 0 spiro atoms. The summed E-state index contributed by atoms with van der Waals surface area (Å²) in [7, 11) is 0. The molecule has 2 heterocycles. The molecule has 2 amide bonds. The van der Waals surface area contributed by atoms with Gasteiger partial charge in [0.25, 0.3) is 0 Å². The molecule has 24 heavy (non-hydrogen) atoms. The van der Waals surface area contributed by atoms with Gasteiger partial charge < -0.3 is 15.1 Å². The van der Waals surface area contributed by atoms with Crippen LogP contribution < -0.4 is 10.2 Å². The van der Waals surface area contributed by atoms with E-state index in [4.69, 9.17) is 0 Å². The lowest BCUT2D eigenvalue weighted by molar-refractivity contribution is 0.215. The number of carbonyl (C=O) groups is 1. The van der Waals surface area contributed by atoms with Crippen molar-refractivity contribution < 1.29 is 4.79 Å². The summed E-state index contributed by atoms with van der Waals surface area (Å²) in [6, 6.07) is 18.9. The molecule has 0 unspecified atom stereocenters. The zero-order chi connectivity index (χ0) is 16.4. The smallest absolute Gasteiger partial charge is 0.318 e. The third-order valence-electron chi connectivity index (χ3n) is 4.97. The van der Waals surface area contributed by atoms with Gasteiger partial charge in [-0.05, 0) is 36.1 Å². The third-order valence-corrected chi connectivity index (χ3v) is 4.97. The van der Waals surface area contributed by atoms with Gasteiger partial charge >= 0.3 is 6.03 Å². The summed E-state index contributed by atoms with van der Waals surface area (Å²) in [5, 5.41) is 3.08. The van der Waals surface area contributed by atoms with Gasteiger partial charge in [-0.3, -0.25) is 0 Å². The number of hydrogen-bond donors (Lipinski definition) is 1. The average Bonchev–Trinajstić information content (AvgIpc) is 3.27. The second-order valence-electron chi connectivity index (χ2n) is 6.65. The van der Waals surface area contributed by atoms with Gasteiger partial charge in [-0.25, -0.2) is 4.79 Å². The van der Waals surface area contributed by atoms with Crippen molar-refractivity contribution >= 4 is 11.7 Å². The first-order chi connectivity index (χ1) is 11.8. The fourth-order valence-electron chi connectivity index (χ4n) is 3.61. The van der Waals surface area contributed by atoms with Crippen LogP contribution in [0.4, 0.5) is 10.5 Å². The standard InChI is InChI=1S/C20H23N3O/c24-20-21-19(17-6-2-1-3-7-17)15-23(20)14-16-8-10-18(11-9-16)22-12-4-5-13-22/h1-3,6-11,19H,4-5,12-15H2,(H,21,24)/t19-/m1/s1. The lowest BCUT2D eigenvalue weighted by Crippen LogP contribution is -2.27. The Morgan fingerprint density at radius 1 is 0.958 bits per heavy atom. The van der Waals surface area contributed by atoms with E-state index in [1.165, 1.54) is 24.1 Å². The van der Waals surface area contributed by atoms with Crippen LogP contribution in [0.2, 0.25) is 0 Å². The number of rotatable bonds is 4. The van der Waals surface area contributed by atoms with E-state index >= 15 is 0 Å². The number of benzene rings is 2. The van der Waals surface area contributed by atoms with Crippen LogP contribution in [0.3, 0.4) is 0 Å². The maximum Gasteiger partial charge on any atom is 0.318 e. The van der Waals surface area contributed by atoms with Crippen molar-refractivity contribution in [1.29, 1.82) is 0 Å². The minimum Gasteiger partial charge on any atom is -0.372 e. The number of nitrogens with one attached hydrogen (secondary N) is 1. The molecule has 2 aromatic rings. The van der Waals surface area contributed by atoms with E-state index in [0.29, 0.717) is 6.54 Å². The molecule has 2 saturated heterocycles. The predicted octanol–water partition coefficient (Wildman–Crippen LogP) is 3.55. The number of urea groups is 1. The van der Waals surface area contributed by atoms with Crippen molar-refractivity contribution in [3.8, 4) is 0 Å². The van der Waals surface area contributed by atoms with E-state index in [0.717, 1.165) is 25.2 Å². The van der Waals surface area contributed by atoms with E-state index in [2.05, 4.69) is 46.6 Å². The SMILES string of the molecule is O=C1N[C@@H](c2ccccc2)CN1Cc1ccc(N2CCCC2)cc1. The molecule has 0 bridgehead atoms. The topological polar surface area (TPSA) is 35.6 Å². The Hall–Kier alpha value is -2.49. The molecule has 2 aromatic carbocycles. The summed E-state index contributed by atoms with van der Waals surface area (Å²) in [4.78, 5) is 16.6. The highest BCUT2D eigenvalue weighted by Crippen LogP contribution is 2.24. The molecule has 0 aromatic heterocycles. The van der Waals surface area contributed by atoms with Crippen molar-refractivity contribution in [2.45, 2.75) is 25.4 Å². The molecule has 1 N–H and O–H groups in total. The minimum atomic E-state index is 0.0208. The fraction of sp³-hybridized carbons (Fsp3) is 0.350. The van der Waals surface area contributed by atoms with Crippen LogP contribution in [0.15, 0.2) is 54.6 Å². The fourth-order valence-corrected chi connectivity index (χ4v) is 3.61. The van der Waals surface area contributed by atoms with Gasteiger partial charge in [-0.2, -0.15) is 0 Å². The lowest BCUT2D eigenvalue weighted by Gasteiger charge is -2.19. The molecule has 1 atom stereocenters. The molecule has 124 valence electrons. The van der Waals surface area contributed by atoms with Crippen LogP contribution >= 0.6 is 0 Å². The zero-order valence-corrected chi connectivity index (χ0v) is 13.8. The summed E-state index contributed by atoms with van der Waals surface area (Å²) < 4.78 is 0. The molecule has 4 nitrogen and oxygen atoms in total. The van der Waals surface area contributed by atoms with Gasteiger partial charge in [0, 0.05) is 31.9 Å². The molecule has 2 aliphatic rings. The summed E-state index contributed by atoms with van der Waals surface area (Å²) in [6.07, 6.45) is 2.58. The molecular weight excluding hydrogens is 298 g/mol. The molecule has 0 saturated carbocycles. The summed E-state index contributed by atoms with van der Waals surface area (Å²) in [5.41, 5.74) is 3.64. The van der Waals surface area contributed by atoms with E-state index in [1.807, 2.05) is 23.1 Å². The van der Waals surface area contributed by atoms with Crippen LogP contribution in [0, 0.1) is 0 Å². The molecule has 2 fully saturated rings. The van der Waals surface area contributed by atoms with Gasteiger partial charge in [0.05, 0.1) is 6.04 Å². The summed E-state index contributed by atoms with van der Waals surface area (Å²) >= 11 is 0. The number of nitrogens with zero attached hydrogens (tertiary/aromatic N) is 2. The Balaban J connectivity index is 1.41. The van der Waals surface area contributed by atoms with Crippen molar-refractivity contribution in [2.75, 3.05) is 24.5 Å². The average molecular weight is 321 g/mol. The normalized spacial score (nSPS) is 20.5. The highest BCUT2D eigenvalue weighted by Gasteiger charge is 2.29. The predicted molar refractivity (Wildman–Crippen MR) is 96.0 cm³/mol. The maximum absolute atomic E-state index is 12.2. The minimum absolute atomic E-state index is 0.0208. The van der Waals surface area contributed by atoms with Crippen molar-refractivity contribution in [1.82, 2.24) is 10.2 Å². The number of anilines is 1. The second-order valence-corrected chi connectivity index (χ2v) is 6.65. The highest BCUT2D eigenvalue weighted by atomic mass is 16.2. The van der Waals surface area contributed by atoms with Crippen LogP contribution in [-0.4, -0.2) is 30.6 Å². The van der Waals surface area contributed by atoms with Gasteiger partial charge in [0.15, 0.2) is 0 Å². The van der Waals surface area contributed by atoms with E-state index in [-0.39, 0.29) is 12.1 Å². The Bertz CT molecular complexity index is 693.